The third kappa shape index (κ3) is 2.91. The fraction of sp³-hybridized carbons (Fsp3) is 0.529. The number of hydrogen-bond acceptors (Lipinski definition) is 1. The van der Waals surface area contributed by atoms with Gasteiger partial charge in [0.05, 0.1) is 16.2 Å². The van der Waals surface area contributed by atoms with Gasteiger partial charge in [0, 0.05) is 17.0 Å². The molecule has 1 aromatic heterocycles. The maximum absolute atomic E-state index is 14.3. The lowest BCUT2D eigenvalue weighted by atomic mass is 10.0. The molecule has 1 heterocycles. The number of halogens is 5. The Kier molecular flexibility index (Phi) is 4.51. The molecule has 0 saturated carbocycles. The minimum atomic E-state index is -4.50. The second kappa shape index (κ2) is 5.91. The lowest BCUT2D eigenvalue weighted by molar-refractivity contribution is -0.259. The Morgan fingerprint density at radius 1 is 1.24 bits per heavy atom. The summed E-state index contributed by atoms with van der Waals surface area (Å²) in [4.78, 5) is 0. The highest BCUT2D eigenvalue weighted by atomic mass is 35.5. The van der Waals surface area contributed by atoms with E-state index in [2.05, 4.69) is 0 Å². The van der Waals surface area contributed by atoms with Gasteiger partial charge in [-0.05, 0) is 57.1 Å². The molecule has 0 radical (unpaired) electrons. The van der Waals surface area contributed by atoms with Crippen molar-refractivity contribution in [3.05, 3.63) is 33.4 Å². The molecule has 1 aliphatic carbocycles. The summed E-state index contributed by atoms with van der Waals surface area (Å²) in [6, 6.07) is 3.27. The number of aryl methyl sites for hydroxylation is 2. The molecule has 3 rings (SSSR count). The van der Waals surface area contributed by atoms with E-state index in [-0.39, 0.29) is 12.1 Å². The summed E-state index contributed by atoms with van der Waals surface area (Å²) in [6.07, 6.45) is -4.32. The van der Waals surface area contributed by atoms with E-state index >= 15 is 0 Å². The van der Waals surface area contributed by atoms with Gasteiger partial charge in [-0.1, -0.05) is 23.2 Å². The topological polar surface area (TPSA) is 14.2 Å². The quantitative estimate of drug-likeness (QED) is 0.525. The Bertz CT molecular complexity index is 841. The maximum atomic E-state index is 14.3. The van der Waals surface area contributed by atoms with Crippen LogP contribution in [0.15, 0.2) is 12.1 Å². The zero-order chi connectivity index (χ0) is 18.8. The van der Waals surface area contributed by atoms with E-state index in [0.29, 0.717) is 39.5 Å². The molecule has 1 aromatic carbocycles. The molecule has 1 atom stereocenters. The third-order valence-corrected chi connectivity index (χ3v) is 6.01. The molecule has 25 heavy (non-hydrogen) atoms. The van der Waals surface area contributed by atoms with Crippen molar-refractivity contribution >= 4 is 42.4 Å². The fourth-order valence-corrected chi connectivity index (χ4v) is 5.83. The van der Waals surface area contributed by atoms with Gasteiger partial charge in [-0.3, -0.25) is 0 Å². The van der Waals surface area contributed by atoms with Crippen molar-refractivity contribution < 1.29 is 17.6 Å². The molecule has 0 amide bonds. The van der Waals surface area contributed by atoms with E-state index in [4.69, 9.17) is 27.6 Å². The van der Waals surface area contributed by atoms with Crippen molar-refractivity contribution in [2.75, 3.05) is 0 Å². The summed E-state index contributed by atoms with van der Waals surface area (Å²) in [5.41, 5.74) is -0.829. The van der Waals surface area contributed by atoms with Gasteiger partial charge < -0.3 is 8.99 Å². The SMILES string of the molecule is CCn1c2c(c3cc(Cl)cc(Cl)c31)CCC2(O[Si](C)(C)C)C(F)(F)F. The van der Waals surface area contributed by atoms with Crippen LogP contribution in [0.25, 0.3) is 10.9 Å². The van der Waals surface area contributed by atoms with Gasteiger partial charge in [-0.15, -0.1) is 0 Å². The molecule has 0 saturated heterocycles. The van der Waals surface area contributed by atoms with Crippen molar-refractivity contribution in [1.29, 1.82) is 0 Å². The number of benzene rings is 1. The number of rotatable bonds is 3. The molecule has 1 unspecified atom stereocenters. The molecule has 2 nitrogen and oxygen atoms in total. The van der Waals surface area contributed by atoms with Crippen molar-refractivity contribution in [2.45, 2.75) is 57.7 Å². The molecule has 2 aromatic rings. The molecule has 1 aliphatic rings. The summed E-state index contributed by atoms with van der Waals surface area (Å²) in [7, 11) is -2.47. The first-order valence-electron chi connectivity index (χ1n) is 8.19. The Morgan fingerprint density at radius 3 is 2.40 bits per heavy atom. The van der Waals surface area contributed by atoms with Crippen LogP contribution in [-0.4, -0.2) is 19.1 Å². The molecular formula is C17H20Cl2F3NOSi. The summed E-state index contributed by atoms with van der Waals surface area (Å²) >= 11 is 12.4. The number of alkyl halides is 3. The van der Waals surface area contributed by atoms with E-state index in [9.17, 15) is 13.2 Å². The molecule has 0 aliphatic heterocycles. The molecular weight excluding hydrogens is 390 g/mol. The molecule has 8 heteroatoms. The first kappa shape index (κ1) is 19.1. The van der Waals surface area contributed by atoms with Gasteiger partial charge in [0.2, 0.25) is 0 Å². The molecule has 0 fully saturated rings. The molecule has 138 valence electrons. The van der Waals surface area contributed by atoms with E-state index in [1.165, 1.54) is 0 Å². The van der Waals surface area contributed by atoms with Crippen LogP contribution in [0, 0.1) is 0 Å². The largest absolute Gasteiger partial charge is 0.422 e. The Labute approximate surface area is 156 Å². The standard InChI is InChI=1S/C17H20Cl2F3NOSi/c1-5-23-14-12(8-10(18)9-13(14)19)11-6-7-16(15(11)23,17(20,21)22)24-25(2,3)4/h8-9H,5-7H2,1-4H3. The monoisotopic (exact) mass is 409 g/mol. The zero-order valence-electron chi connectivity index (χ0n) is 14.5. The van der Waals surface area contributed by atoms with Crippen molar-refractivity contribution in [3.63, 3.8) is 0 Å². The first-order valence-corrected chi connectivity index (χ1v) is 12.3. The van der Waals surface area contributed by atoms with Crippen molar-refractivity contribution in [1.82, 2.24) is 4.57 Å². The van der Waals surface area contributed by atoms with Crippen LogP contribution < -0.4 is 0 Å². The van der Waals surface area contributed by atoms with Gasteiger partial charge in [0.15, 0.2) is 13.9 Å². The average Bonchev–Trinajstić information content (AvgIpc) is 2.94. The summed E-state index contributed by atoms with van der Waals surface area (Å²) in [5, 5.41) is 1.48. The Morgan fingerprint density at radius 2 is 1.88 bits per heavy atom. The normalized spacial score (nSPS) is 21.2. The summed E-state index contributed by atoms with van der Waals surface area (Å²) in [5.74, 6) is 0. The number of nitrogens with zero attached hydrogens (tertiary/aromatic N) is 1. The minimum Gasteiger partial charge on any atom is -0.399 e. The van der Waals surface area contributed by atoms with E-state index in [1.54, 1.807) is 36.3 Å². The van der Waals surface area contributed by atoms with Crippen LogP contribution in [0.3, 0.4) is 0 Å². The lowest BCUT2D eigenvalue weighted by Crippen LogP contribution is -2.50. The van der Waals surface area contributed by atoms with Crippen molar-refractivity contribution in [3.8, 4) is 0 Å². The summed E-state index contributed by atoms with van der Waals surface area (Å²) in [6.45, 7) is 7.53. The van der Waals surface area contributed by atoms with Gasteiger partial charge in [0.1, 0.15) is 0 Å². The van der Waals surface area contributed by atoms with E-state index in [0.717, 1.165) is 0 Å². The smallest absolute Gasteiger partial charge is 0.399 e. The minimum absolute atomic E-state index is 0.106. The maximum Gasteiger partial charge on any atom is 0.422 e. The number of aromatic nitrogens is 1. The second-order valence-corrected chi connectivity index (χ2v) is 12.7. The Hall–Kier alpha value is -0.693. The van der Waals surface area contributed by atoms with Crippen LogP contribution in [0.5, 0.6) is 0 Å². The number of fused-ring (bicyclic) bond motifs is 3. The first-order chi connectivity index (χ1) is 11.4. The number of hydrogen-bond donors (Lipinski definition) is 0. The predicted octanol–water partition coefficient (Wildman–Crippen LogP) is 6.52. The van der Waals surface area contributed by atoms with E-state index < -0.39 is 20.1 Å². The average molecular weight is 410 g/mol. The van der Waals surface area contributed by atoms with Crippen molar-refractivity contribution in [2.24, 2.45) is 0 Å². The van der Waals surface area contributed by atoms with Crippen LogP contribution in [0.2, 0.25) is 29.7 Å². The van der Waals surface area contributed by atoms with E-state index in [1.807, 2.05) is 6.92 Å². The van der Waals surface area contributed by atoms with Crippen LogP contribution in [0.1, 0.15) is 24.6 Å². The molecule has 0 N–H and O–H groups in total. The van der Waals surface area contributed by atoms with Gasteiger partial charge in [0.25, 0.3) is 0 Å². The molecule has 0 bridgehead atoms. The zero-order valence-corrected chi connectivity index (χ0v) is 17.0. The highest BCUT2D eigenvalue weighted by Crippen LogP contribution is 2.55. The van der Waals surface area contributed by atoms with Crippen LogP contribution >= 0.6 is 23.2 Å². The summed E-state index contributed by atoms with van der Waals surface area (Å²) < 4.78 is 50.3. The van der Waals surface area contributed by atoms with Gasteiger partial charge >= 0.3 is 6.18 Å². The second-order valence-electron chi connectivity index (χ2n) is 7.39. The fourth-order valence-electron chi connectivity index (χ4n) is 3.88. The third-order valence-electron chi connectivity index (χ3n) is 4.54. The lowest BCUT2D eigenvalue weighted by Gasteiger charge is -2.38. The highest BCUT2D eigenvalue weighted by molar-refractivity contribution is 6.69. The van der Waals surface area contributed by atoms with Gasteiger partial charge in [-0.25, -0.2) is 0 Å². The van der Waals surface area contributed by atoms with Crippen LogP contribution in [0.4, 0.5) is 13.2 Å². The van der Waals surface area contributed by atoms with Crippen LogP contribution in [-0.2, 0) is 23.0 Å². The van der Waals surface area contributed by atoms with Gasteiger partial charge in [-0.2, -0.15) is 13.2 Å². The highest BCUT2D eigenvalue weighted by Gasteiger charge is 2.63. The molecule has 0 spiro atoms. The predicted molar refractivity (Wildman–Crippen MR) is 98.1 cm³/mol. The Balaban J connectivity index is 2.40.